The van der Waals surface area contributed by atoms with Crippen LogP contribution >= 0.6 is 0 Å². The summed E-state index contributed by atoms with van der Waals surface area (Å²) in [4.78, 5) is 0. The predicted molar refractivity (Wildman–Crippen MR) is 91.9 cm³/mol. The summed E-state index contributed by atoms with van der Waals surface area (Å²) in [6, 6.07) is 0. The second kappa shape index (κ2) is 7.66. The van der Waals surface area contributed by atoms with E-state index < -0.39 is 0 Å². The highest BCUT2D eigenvalue weighted by Crippen LogP contribution is 2.51. The summed E-state index contributed by atoms with van der Waals surface area (Å²) in [6.45, 7) is 18.9. The molecule has 0 spiro atoms. The third kappa shape index (κ3) is 4.37. The molecular formula is C20H38. The molecule has 0 heteroatoms. The summed E-state index contributed by atoms with van der Waals surface area (Å²) in [6.07, 6.45) is 9.58. The van der Waals surface area contributed by atoms with Crippen LogP contribution in [0.3, 0.4) is 0 Å². The largest absolute Gasteiger partial charge is 0.0996 e. The lowest BCUT2D eigenvalue weighted by Gasteiger charge is -2.49. The number of hydrogen-bond donors (Lipinski definition) is 0. The van der Waals surface area contributed by atoms with E-state index in [1.807, 2.05) is 0 Å². The van der Waals surface area contributed by atoms with E-state index in [0.717, 1.165) is 30.1 Å². The van der Waals surface area contributed by atoms with Crippen molar-refractivity contribution in [1.82, 2.24) is 0 Å². The minimum absolute atomic E-state index is 0.411. The SMILES string of the molecule is C=C(CC)C(C(C)CCCC)C(C1CCC1)C(C)(C)C. The van der Waals surface area contributed by atoms with Crippen LogP contribution in [0.25, 0.3) is 0 Å². The summed E-state index contributed by atoms with van der Waals surface area (Å²) in [5.74, 6) is 3.31. The van der Waals surface area contributed by atoms with Crippen LogP contribution in [0.15, 0.2) is 12.2 Å². The quantitative estimate of drug-likeness (QED) is 0.425. The first-order chi connectivity index (χ1) is 9.32. The fraction of sp³-hybridized carbons (Fsp3) is 0.900. The highest BCUT2D eigenvalue weighted by molar-refractivity contribution is 5.08. The lowest BCUT2D eigenvalue weighted by atomic mass is 9.56. The molecule has 0 N–H and O–H groups in total. The highest BCUT2D eigenvalue weighted by atomic mass is 14.5. The smallest absolute Gasteiger partial charge is 0.0144 e. The summed E-state index contributed by atoms with van der Waals surface area (Å²) in [7, 11) is 0. The Morgan fingerprint density at radius 2 is 1.80 bits per heavy atom. The molecule has 0 nitrogen and oxygen atoms in total. The van der Waals surface area contributed by atoms with Crippen LogP contribution in [0.5, 0.6) is 0 Å². The molecule has 0 aliphatic heterocycles. The molecule has 1 aliphatic carbocycles. The second-order valence-electron chi connectivity index (χ2n) is 8.24. The Balaban J connectivity index is 2.95. The monoisotopic (exact) mass is 278 g/mol. The van der Waals surface area contributed by atoms with Gasteiger partial charge in [-0.25, -0.2) is 0 Å². The van der Waals surface area contributed by atoms with E-state index in [2.05, 4.69) is 48.1 Å². The van der Waals surface area contributed by atoms with Crippen LogP contribution in [-0.4, -0.2) is 0 Å². The minimum Gasteiger partial charge on any atom is -0.0996 e. The van der Waals surface area contributed by atoms with Crippen molar-refractivity contribution in [3.8, 4) is 0 Å². The fourth-order valence-electron chi connectivity index (χ4n) is 4.29. The van der Waals surface area contributed by atoms with Gasteiger partial charge in [-0.3, -0.25) is 0 Å². The zero-order chi connectivity index (χ0) is 15.3. The van der Waals surface area contributed by atoms with Crippen LogP contribution in [0.4, 0.5) is 0 Å². The molecule has 3 atom stereocenters. The van der Waals surface area contributed by atoms with Crippen molar-refractivity contribution in [3.63, 3.8) is 0 Å². The van der Waals surface area contributed by atoms with Crippen LogP contribution in [0.2, 0.25) is 0 Å². The van der Waals surface area contributed by atoms with Crippen molar-refractivity contribution in [1.29, 1.82) is 0 Å². The molecule has 0 aromatic rings. The van der Waals surface area contributed by atoms with E-state index in [9.17, 15) is 0 Å². The van der Waals surface area contributed by atoms with E-state index in [-0.39, 0.29) is 0 Å². The van der Waals surface area contributed by atoms with Gasteiger partial charge in [0.1, 0.15) is 0 Å². The van der Waals surface area contributed by atoms with Gasteiger partial charge < -0.3 is 0 Å². The van der Waals surface area contributed by atoms with Crippen molar-refractivity contribution >= 4 is 0 Å². The van der Waals surface area contributed by atoms with E-state index in [4.69, 9.17) is 0 Å². The Hall–Kier alpha value is -0.260. The molecule has 0 heterocycles. The maximum Gasteiger partial charge on any atom is -0.0144 e. The third-order valence-corrected chi connectivity index (χ3v) is 5.60. The van der Waals surface area contributed by atoms with Gasteiger partial charge in [0.05, 0.1) is 0 Å². The van der Waals surface area contributed by atoms with Gasteiger partial charge in [-0.15, -0.1) is 0 Å². The van der Waals surface area contributed by atoms with Crippen molar-refractivity contribution < 1.29 is 0 Å². The summed E-state index contributed by atoms with van der Waals surface area (Å²) < 4.78 is 0. The standard InChI is InChI=1S/C20H38/c1-8-10-12-16(4)18(15(3)9-2)19(20(5,6)7)17-13-11-14-17/h16-19H,3,8-14H2,1-2,4-7H3. The zero-order valence-electron chi connectivity index (χ0n) is 15.0. The Morgan fingerprint density at radius 3 is 2.15 bits per heavy atom. The van der Waals surface area contributed by atoms with Crippen molar-refractivity contribution in [2.75, 3.05) is 0 Å². The normalized spacial score (nSPS) is 21.1. The lowest BCUT2D eigenvalue weighted by Crippen LogP contribution is -2.41. The maximum absolute atomic E-state index is 4.48. The van der Waals surface area contributed by atoms with Crippen LogP contribution in [-0.2, 0) is 0 Å². The summed E-state index contributed by atoms with van der Waals surface area (Å²) in [5.41, 5.74) is 1.93. The topological polar surface area (TPSA) is 0 Å². The van der Waals surface area contributed by atoms with Gasteiger partial charge in [0, 0.05) is 0 Å². The predicted octanol–water partition coefficient (Wildman–Crippen LogP) is 6.86. The summed E-state index contributed by atoms with van der Waals surface area (Å²) >= 11 is 0. The van der Waals surface area contributed by atoms with Crippen LogP contribution in [0.1, 0.15) is 86.5 Å². The highest BCUT2D eigenvalue weighted by Gasteiger charge is 2.42. The Morgan fingerprint density at radius 1 is 1.20 bits per heavy atom. The average molecular weight is 279 g/mol. The Labute approximate surface area is 128 Å². The van der Waals surface area contributed by atoms with Gasteiger partial charge in [-0.1, -0.05) is 92.2 Å². The minimum atomic E-state index is 0.411. The van der Waals surface area contributed by atoms with E-state index in [1.54, 1.807) is 0 Å². The maximum atomic E-state index is 4.48. The molecule has 0 aromatic heterocycles. The lowest BCUT2D eigenvalue weighted by molar-refractivity contribution is 0.0330. The number of unbranched alkanes of at least 4 members (excludes halogenated alkanes) is 1. The number of rotatable bonds is 8. The third-order valence-electron chi connectivity index (χ3n) is 5.60. The van der Waals surface area contributed by atoms with Gasteiger partial charge in [0.2, 0.25) is 0 Å². The number of allylic oxidation sites excluding steroid dienone is 1. The van der Waals surface area contributed by atoms with Gasteiger partial charge >= 0.3 is 0 Å². The van der Waals surface area contributed by atoms with E-state index >= 15 is 0 Å². The van der Waals surface area contributed by atoms with Crippen LogP contribution < -0.4 is 0 Å². The van der Waals surface area contributed by atoms with Gasteiger partial charge in [0.15, 0.2) is 0 Å². The molecule has 20 heavy (non-hydrogen) atoms. The molecule has 3 unspecified atom stereocenters. The molecule has 0 saturated heterocycles. The van der Waals surface area contributed by atoms with E-state index in [1.165, 1.54) is 44.1 Å². The number of hydrogen-bond acceptors (Lipinski definition) is 0. The Bertz CT molecular complexity index is 290. The first kappa shape index (κ1) is 17.8. The second-order valence-corrected chi connectivity index (χ2v) is 8.24. The zero-order valence-corrected chi connectivity index (χ0v) is 15.0. The summed E-state index contributed by atoms with van der Waals surface area (Å²) in [5, 5.41) is 0. The van der Waals surface area contributed by atoms with Crippen molar-refractivity contribution in [3.05, 3.63) is 12.2 Å². The Kier molecular flexibility index (Phi) is 6.82. The van der Waals surface area contributed by atoms with Crippen molar-refractivity contribution in [2.45, 2.75) is 86.5 Å². The van der Waals surface area contributed by atoms with Crippen molar-refractivity contribution in [2.24, 2.45) is 29.1 Å². The molecule has 0 bridgehead atoms. The first-order valence-corrected chi connectivity index (χ1v) is 9.00. The molecule has 1 aliphatic rings. The molecule has 1 saturated carbocycles. The molecule has 0 radical (unpaired) electrons. The first-order valence-electron chi connectivity index (χ1n) is 9.00. The molecule has 1 fully saturated rings. The van der Waals surface area contributed by atoms with E-state index in [0.29, 0.717) is 5.41 Å². The van der Waals surface area contributed by atoms with Gasteiger partial charge in [0.25, 0.3) is 0 Å². The van der Waals surface area contributed by atoms with Gasteiger partial charge in [-0.2, -0.15) is 0 Å². The molecule has 1 rings (SSSR count). The molecular weight excluding hydrogens is 240 g/mol. The average Bonchev–Trinajstić information content (AvgIpc) is 2.31. The van der Waals surface area contributed by atoms with Crippen LogP contribution in [0, 0.1) is 29.1 Å². The molecule has 0 aromatic carbocycles. The molecule has 0 amide bonds. The van der Waals surface area contributed by atoms with Gasteiger partial charge in [-0.05, 0) is 35.5 Å². The fourth-order valence-corrected chi connectivity index (χ4v) is 4.29. The molecule has 118 valence electrons.